The van der Waals surface area contributed by atoms with Crippen LogP contribution < -0.4 is 5.32 Å². The van der Waals surface area contributed by atoms with Crippen molar-refractivity contribution in [2.24, 2.45) is 0 Å². The molecular weight excluding hydrogens is 579 g/mol. The molecule has 1 N–H and O–H groups in total. The molecule has 2 aromatic carbocycles. The molecule has 0 aliphatic rings. The maximum atomic E-state index is 13.5. The SMILES string of the molecule is Cc1c(Br)cc(S(C)(=O)=O)cc1C(=O)NCCCc1cn([C@@H](C)c2ccc(F)c(Br)c2)nn1. The topological polar surface area (TPSA) is 94.0 Å². The van der Waals surface area contributed by atoms with Crippen LogP contribution in [0.15, 0.2) is 50.4 Å². The van der Waals surface area contributed by atoms with E-state index in [2.05, 4.69) is 47.5 Å². The van der Waals surface area contributed by atoms with E-state index in [-0.39, 0.29) is 22.7 Å². The number of carbonyl (C=O) groups excluding carboxylic acids is 1. The van der Waals surface area contributed by atoms with Gasteiger partial charge in [0, 0.05) is 29.0 Å². The molecule has 1 atom stereocenters. The third-order valence-corrected chi connectivity index (χ3v) is 7.79. The van der Waals surface area contributed by atoms with Crippen LogP contribution in [0.2, 0.25) is 0 Å². The number of hydrogen-bond donors (Lipinski definition) is 1. The van der Waals surface area contributed by atoms with Gasteiger partial charge in [0.1, 0.15) is 5.82 Å². The Bertz CT molecular complexity index is 1290. The van der Waals surface area contributed by atoms with Crippen LogP contribution in [0.1, 0.15) is 46.6 Å². The van der Waals surface area contributed by atoms with Crippen LogP contribution >= 0.6 is 31.9 Å². The molecule has 0 saturated carbocycles. The van der Waals surface area contributed by atoms with Crippen molar-refractivity contribution >= 4 is 47.6 Å². The van der Waals surface area contributed by atoms with Gasteiger partial charge in [0.05, 0.1) is 21.1 Å². The second-order valence-electron chi connectivity index (χ2n) is 7.75. The minimum atomic E-state index is -3.44. The summed E-state index contributed by atoms with van der Waals surface area (Å²) in [4.78, 5) is 12.7. The molecule has 3 aromatic rings. The Hall–Kier alpha value is -2.11. The molecular formula is C22H23Br2FN4O3S. The van der Waals surface area contributed by atoms with Gasteiger partial charge in [-0.1, -0.05) is 27.2 Å². The Balaban J connectivity index is 1.58. The van der Waals surface area contributed by atoms with E-state index in [0.29, 0.717) is 39.5 Å². The van der Waals surface area contributed by atoms with Crippen molar-refractivity contribution in [3.63, 3.8) is 0 Å². The van der Waals surface area contributed by atoms with Gasteiger partial charge in [-0.05, 0) is 78.0 Å². The van der Waals surface area contributed by atoms with Crippen molar-refractivity contribution in [3.05, 3.63) is 73.7 Å². The summed E-state index contributed by atoms with van der Waals surface area (Å²) in [6, 6.07) is 7.60. The summed E-state index contributed by atoms with van der Waals surface area (Å²) in [5.41, 5.74) is 2.65. The van der Waals surface area contributed by atoms with Crippen molar-refractivity contribution in [1.29, 1.82) is 0 Å². The summed E-state index contributed by atoms with van der Waals surface area (Å²) >= 11 is 6.52. The Morgan fingerprint density at radius 3 is 2.61 bits per heavy atom. The van der Waals surface area contributed by atoms with Crippen molar-refractivity contribution in [2.75, 3.05) is 12.8 Å². The lowest BCUT2D eigenvalue weighted by atomic mass is 10.1. The molecule has 33 heavy (non-hydrogen) atoms. The smallest absolute Gasteiger partial charge is 0.251 e. The van der Waals surface area contributed by atoms with E-state index < -0.39 is 9.84 Å². The molecule has 11 heteroatoms. The van der Waals surface area contributed by atoms with Crippen molar-refractivity contribution in [2.45, 2.75) is 37.6 Å². The lowest BCUT2D eigenvalue weighted by Crippen LogP contribution is -2.26. The molecule has 1 heterocycles. The number of benzene rings is 2. The number of rotatable bonds is 8. The predicted octanol–water partition coefficient (Wildman–Crippen LogP) is 4.63. The minimum absolute atomic E-state index is 0.0871. The number of amides is 1. The summed E-state index contributed by atoms with van der Waals surface area (Å²) in [6.07, 6.45) is 4.17. The van der Waals surface area contributed by atoms with Gasteiger partial charge in [0.15, 0.2) is 9.84 Å². The van der Waals surface area contributed by atoms with Crippen LogP contribution in [0, 0.1) is 12.7 Å². The van der Waals surface area contributed by atoms with Gasteiger partial charge in [0.2, 0.25) is 0 Å². The number of halogens is 3. The predicted molar refractivity (Wildman–Crippen MR) is 131 cm³/mol. The van der Waals surface area contributed by atoms with Gasteiger partial charge in [-0.25, -0.2) is 17.5 Å². The fourth-order valence-electron chi connectivity index (χ4n) is 3.21. The number of sulfone groups is 1. The molecule has 0 aliphatic carbocycles. The number of aromatic nitrogens is 3. The summed E-state index contributed by atoms with van der Waals surface area (Å²) in [5, 5.41) is 11.2. The molecule has 0 aliphatic heterocycles. The van der Waals surface area contributed by atoms with Crippen LogP contribution in [-0.2, 0) is 16.3 Å². The van der Waals surface area contributed by atoms with Gasteiger partial charge in [0.25, 0.3) is 5.91 Å². The van der Waals surface area contributed by atoms with Gasteiger partial charge in [-0.2, -0.15) is 0 Å². The highest BCUT2D eigenvalue weighted by molar-refractivity contribution is 9.10. The molecule has 0 bridgehead atoms. The fourth-order valence-corrected chi connectivity index (χ4v) is 4.88. The fraction of sp³-hybridized carbons (Fsp3) is 0.318. The van der Waals surface area contributed by atoms with E-state index in [1.807, 2.05) is 13.1 Å². The van der Waals surface area contributed by atoms with Crippen LogP contribution in [0.25, 0.3) is 0 Å². The van der Waals surface area contributed by atoms with Gasteiger partial charge in [-0.3, -0.25) is 4.79 Å². The highest BCUT2D eigenvalue weighted by atomic mass is 79.9. The lowest BCUT2D eigenvalue weighted by Gasteiger charge is -2.12. The van der Waals surface area contributed by atoms with Gasteiger partial charge >= 0.3 is 0 Å². The molecule has 1 amide bonds. The Labute approximate surface area is 208 Å². The molecule has 0 fully saturated rings. The molecule has 7 nitrogen and oxygen atoms in total. The highest BCUT2D eigenvalue weighted by Crippen LogP contribution is 2.25. The van der Waals surface area contributed by atoms with Crippen molar-refractivity contribution in [1.82, 2.24) is 20.3 Å². The average molecular weight is 602 g/mol. The zero-order chi connectivity index (χ0) is 24.3. The van der Waals surface area contributed by atoms with Gasteiger partial charge in [-0.15, -0.1) is 5.10 Å². The van der Waals surface area contributed by atoms with Crippen LogP contribution in [0.5, 0.6) is 0 Å². The Kier molecular flexibility index (Phi) is 8.07. The summed E-state index contributed by atoms with van der Waals surface area (Å²) in [6.45, 7) is 4.10. The molecule has 0 saturated heterocycles. The highest BCUT2D eigenvalue weighted by Gasteiger charge is 2.17. The van der Waals surface area contributed by atoms with E-state index in [1.54, 1.807) is 23.7 Å². The lowest BCUT2D eigenvalue weighted by molar-refractivity contribution is 0.0952. The zero-order valence-electron chi connectivity index (χ0n) is 18.3. The number of carbonyl (C=O) groups is 1. The first-order chi connectivity index (χ1) is 15.5. The van der Waals surface area contributed by atoms with E-state index in [9.17, 15) is 17.6 Å². The normalized spacial score (nSPS) is 12.5. The first-order valence-corrected chi connectivity index (χ1v) is 13.6. The molecule has 0 unspecified atom stereocenters. The third kappa shape index (κ3) is 6.27. The van der Waals surface area contributed by atoms with Crippen LogP contribution in [0.4, 0.5) is 4.39 Å². The quantitative estimate of drug-likeness (QED) is 0.380. The Morgan fingerprint density at radius 2 is 1.94 bits per heavy atom. The van der Waals surface area contributed by atoms with Crippen LogP contribution in [-0.4, -0.2) is 42.1 Å². The standard InChI is InChI=1S/C22H23Br2FN4O3S/c1-13-18(10-17(11-19(13)23)33(3,31)32)22(30)26-8-4-5-16-12-29(28-27-16)14(2)15-6-7-21(25)20(24)9-15/h6-7,9-12,14H,4-5,8H2,1-3H3,(H,26,30)/t14-/m0/s1. The van der Waals surface area contributed by atoms with E-state index in [1.165, 1.54) is 18.2 Å². The second kappa shape index (κ2) is 10.4. The summed E-state index contributed by atoms with van der Waals surface area (Å²) in [5.74, 6) is -0.657. The van der Waals surface area contributed by atoms with E-state index >= 15 is 0 Å². The van der Waals surface area contributed by atoms with Crippen LogP contribution in [0.3, 0.4) is 0 Å². The first-order valence-electron chi connectivity index (χ1n) is 10.1. The van der Waals surface area contributed by atoms with E-state index in [0.717, 1.165) is 17.5 Å². The molecule has 0 spiro atoms. The average Bonchev–Trinajstić information content (AvgIpc) is 3.22. The minimum Gasteiger partial charge on any atom is -0.352 e. The Morgan fingerprint density at radius 1 is 1.21 bits per heavy atom. The summed E-state index contributed by atoms with van der Waals surface area (Å²) < 4.78 is 39.9. The van der Waals surface area contributed by atoms with E-state index in [4.69, 9.17) is 0 Å². The summed E-state index contributed by atoms with van der Waals surface area (Å²) in [7, 11) is -3.44. The number of nitrogens with one attached hydrogen (secondary N) is 1. The first kappa shape index (κ1) is 25.5. The largest absolute Gasteiger partial charge is 0.352 e. The van der Waals surface area contributed by atoms with Crippen molar-refractivity contribution < 1.29 is 17.6 Å². The number of hydrogen-bond acceptors (Lipinski definition) is 5. The van der Waals surface area contributed by atoms with Crippen molar-refractivity contribution in [3.8, 4) is 0 Å². The molecule has 176 valence electrons. The zero-order valence-corrected chi connectivity index (χ0v) is 22.3. The van der Waals surface area contributed by atoms with Gasteiger partial charge < -0.3 is 5.32 Å². The molecule has 3 rings (SSSR count). The maximum Gasteiger partial charge on any atom is 0.251 e. The molecule has 0 radical (unpaired) electrons. The number of aryl methyl sites for hydroxylation is 1. The second-order valence-corrected chi connectivity index (χ2v) is 11.5. The molecule has 1 aromatic heterocycles. The monoisotopic (exact) mass is 600 g/mol. The number of nitrogens with zero attached hydrogens (tertiary/aromatic N) is 3. The maximum absolute atomic E-state index is 13.5. The third-order valence-electron chi connectivity index (χ3n) is 5.27.